The molecule has 2 aromatic rings. The Morgan fingerprint density at radius 2 is 2.07 bits per heavy atom. The maximum Gasteiger partial charge on any atom is 0.289 e. The van der Waals surface area contributed by atoms with Crippen LogP contribution in [-0.4, -0.2) is 54.5 Å². The van der Waals surface area contributed by atoms with Crippen LogP contribution in [-0.2, 0) is 26.6 Å². The Morgan fingerprint density at radius 3 is 2.75 bits per heavy atom. The molecule has 0 atom stereocenters. The van der Waals surface area contributed by atoms with Crippen LogP contribution < -0.4 is 5.32 Å². The molecule has 8 nitrogen and oxygen atoms in total. The maximum atomic E-state index is 12.7. The Balaban J connectivity index is 1.24. The number of hydrogen-bond acceptors (Lipinski definition) is 5. The molecule has 28 heavy (non-hydrogen) atoms. The van der Waals surface area contributed by atoms with Gasteiger partial charge in [-0.1, -0.05) is 0 Å². The second kappa shape index (κ2) is 6.99. The summed E-state index contributed by atoms with van der Waals surface area (Å²) in [7, 11) is 1.96. The molecule has 3 aliphatic rings. The van der Waals surface area contributed by atoms with Crippen LogP contribution in [0.25, 0.3) is 0 Å². The van der Waals surface area contributed by atoms with Gasteiger partial charge in [0.15, 0.2) is 0 Å². The van der Waals surface area contributed by atoms with E-state index in [-0.39, 0.29) is 11.3 Å². The number of nitrogens with zero attached hydrogens (tertiary/aromatic N) is 6. The zero-order valence-electron chi connectivity index (χ0n) is 16.6. The van der Waals surface area contributed by atoms with E-state index in [1.807, 2.05) is 17.9 Å². The van der Waals surface area contributed by atoms with Crippen molar-refractivity contribution in [2.45, 2.75) is 64.1 Å². The molecule has 2 aliphatic heterocycles. The number of fused-ring (bicyclic) bond motifs is 1. The first-order valence-corrected chi connectivity index (χ1v) is 10.5. The normalized spacial score (nSPS) is 22.0. The van der Waals surface area contributed by atoms with E-state index in [9.17, 15) is 4.79 Å². The summed E-state index contributed by atoms with van der Waals surface area (Å²) in [4.78, 5) is 15.2. The lowest BCUT2D eigenvalue weighted by molar-refractivity contribution is 0.0615. The first kappa shape index (κ1) is 17.8. The van der Waals surface area contributed by atoms with Gasteiger partial charge in [-0.25, -0.2) is 0 Å². The van der Waals surface area contributed by atoms with Crippen molar-refractivity contribution in [3.05, 3.63) is 29.6 Å². The molecule has 1 amide bonds. The van der Waals surface area contributed by atoms with Crippen LogP contribution in [0, 0.1) is 5.41 Å². The highest BCUT2D eigenvalue weighted by Crippen LogP contribution is 2.41. The first-order valence-electron chi connectivity index (χ1n) is 10.5. The van der Waals surface area contributed by atoms with Gasteiger partial charge in [0.2, 0.25) is 5.82 Å². The summed E-state index contributed by atoms with van der Waals surface area (Å²) in [6, 6.07) is 0.328. The lowest BCUT2D eigenvalue weighted by Gasteiger charge is -2.44. The number of aromatic nitrogens is 5. The van der Waals surface area contributed by atoms with Gasteiger partial charge in [-0.3, -0.25) is 14.4 Å². The summed E-state index contributed by atoms with van der Waals surface area (Å²) >= 11 is 0. The third-order valence-electron chi connectivity index (χ3n) is 6.92. The van der Waals surface area contributed by atoms with Crippen molar-refractivity contribution in [3.8, 4) is 0 Å². The number of aryl methyl sites for hydroxylation is 2. The molecule has 0 unspecified atom stereocenters. The van der Waals surface area contributed by atoms with E-state index < -0.39 is 0 Å². The Bertz CT molecular complexity index is 858. The van der Waals surface area contributed by atoms with Crippen LogP contribution in [0.4, 0.5) is 0 Å². The van der Waals surface area contributed by atoms with Crippen LogP contribution in [0.2, 0.25) is 0 Å². The lowest BCUT2D eigenvalue weighted by atomic mass is 9.73. The van der Waals surface area contributed by atoms with Crippen molar-refractivity contribution in [1.29, 1.82) is 0 Å². The molecule has 0 aromatic carbocycles. The fourth-order valence-corrected chi connectivity index (χ4v) is 4.85. The average Bonchev–Trinajstić information content (AvgIpc) is 3.26. The van der Waals surface area contributed by atoms with Gasteiger partial charge in [0.05, 0.1) is 6.20 Å². The van der Waals surface area contributed by atoms with E-state index in [1.54, 1.807) is 0 Å². The molecule has 1 saturated carbocycles. The summed E-state index contributed by atoms with van der Waals surface area (Å²) in [5.41, 5.74) is 1.55. The number of carbonyl (C=O) groups excluding carboxylic acids is 1. The van der Waals surface area contributed by atoms with Gasteiger partial charge < -0.3 is 9.88 Å². The molecule has 8 heteroatoms. The summed E-state index contributed by atoms with van der Waals surface area (Å²) in [6.45, 7) is 4.03. The molecular formula is C20H29N7O. The largest absolute Gasteiger partial charge is 0.347 e. The number of piperidine rings is 1. The molecule has 1 saturated heterocycles. The predicted molar refractivity (Wildman–Crippen MR) is 104 cm³/mol. The number of carbonyl (C=O) groups is 1. The van der Waals surface area contributed by atoms with Crippen LogP contribution in [0.1, 0.15) is 60.5 Å². The second-order valence-electron chi connectivity index (χ2n) is 8.93. The zero-order chi connectivity index (χ0) is 19.1. The van der Waals surface area contributed by atoms with Gasteiger partial charge in [-0.05, 0) is 57.0 Å². The van der Waals surface area contributed by atoms with Crippen molar-refractivity contribution < 1.29 is 4.79 Å². The van der Waals surface area contributed by atoms with Gasteiger partial charge in [0, 0.05) is 44.4 Å². The molecule has 1 aliphatic carbocycles. The molecular weight excluding hydrogens is 354 g/mol. The fourth-order valence-electron chi connectivity index (χ4n) is 4.85. The predicted octanol–water partition coefficient (Wildman–Crippen LogP) is 1.52. The second-order valence-corrected chi connectivity index (χ2v) is 8.93. The Morgan fingerprint density at radius 1 is 1.25 bits per heavy atom. The minimum atomic E-state index is -0.0467. The van der Waals surface area contributed by atoms with Crippen molar-refractivity contribution >= 4 is 5.91 Å². The number of likely N-dealkylation sites (tertiary alicyclic amines) is 1. The van der Waals surface area contributed by atoms with Gasteiger partial charge in [0.25, 0.3) is 5.91 Å². The topological polar surface area (TPSA) is 80.9 Å². The van der Waals surface area contributed by atoms with Gasteiger partial charge in [0.1, 0.15) is 5.82 Å². The highest BCUT2D eigenvalue weighted by molar-refractivity contribution is 5.91. The van der Waals surface area contributed by atoms with Crippen LogP contribution in [0.3, 0.4) is 0 Å². The number of rotatable bonds is 4. The van der Waals surface area contributed by atoms with Gasteiger partial charge in [-0.2, -0.15) is 5.10 Å². The Labute approximate surface area is 165 Å². The molecule has 2 aromatic heterocycles. The van der Waals surface area contributed by atoms with E-state index in [4.69, 9.17) is 0 Å². The number of amides is 1. The molecule has 4 heterocycles. The van der Waals surface area contributed by atoms with Crippen molar-refractivity contribution in [1.82, 2.24) is 34.8 Å². The highest BCUT2D eigenvalue weighted by Gasteiger charge is 2.40. The van der Waals surface area contributed by atoms with E-state index in [2.05, 4.69) is 36.3 Å². The minimum absolute atomic E-state index is 0.0467. The quantitative estimate of drug-likeness (QED) is 0.866. The lowest BCUT2D eigenvalue weighted by Crippen LogP contribution is -2.45. The average molecular weight is 384 g/mol. The third-order valence-corrected chi connectivity index (χ3v) is 6.92. The summed E-state index contributed by atoms with van der Waals surface area (Å²) in [5, 5.41) is 15.9. The smallest absolute Gasteiger partial charge is 0.289 e. The SMILES string of the molecule is Cn1cc(CN2CCC3(CCc4nnc(C(=O)NC5CCC5)n4C3)CC2)cn1. The highest BCUT2D eigenvalue weighted by atomic mass is 16.2. The molecule has 0 bridgehead atoms. The standard InChI is InChI=1S/C20H29N7O/c1-25-12-15(11-21-25)13-26-9-7-20(8-10-26)6-5-17-23-24-18(27(17)14-20)19(28)22-16-3-2-4-16/h11-12,16H,2-10,13-14H2,1H3,(H,22,28). The summed E-state index contributed by atoms with van der Waals surface area (Å²) in [5.74, 6) is 1.44. The number of hydrogen-bond donors (Lipinski definition) is 1. The molecule has 0 radical (unpaired) electrons. The fraction of sp³-hybridized carbons (Fsp3) is 0.700. The van der Waals surface area contributed by atoms with E-state index in [0.29, 0.717) is 11.9 Å². The molecule has 2 fully saturated rings. The van der Waals surface area contributed by atoms with Gasteiger partial charge in [-0.15, -0.1) is 10.2 Å². The Hall–Kier alpha value is -2.22. The van der Waals surface area contributed by atoms with E-state index >= 15 is 0 Å². The summed E-state index contributed by atoms with van der Waals surface area (Å²) < 4.78 is 3.97. The zero-order valence-corrected chi connectivity index (χ0v) is 16.6. The maximum absolute atomic E-state index is 12.7. The van der Waals surface area contributed by atoms with Crippen molar-refractivity contribution in [3.63, 3.8) is 0 Å². The van der Waals surface area contributed by atoms with E-state index in [1.165, 1.54) is 12.0 Å². The van der Waals surface area contributed by atoms with Crippen LogP contribution >= 0.6 is 0 Å². The first-order chi connectivity index (χ1) is 13.6. The Kier molecular flexibility index (Phi) is 4.45. The molecule has 5 rings (SSSR count). The molecule has 1 spiro atoms. The van der Waals surface area contributed by atoms with Gasteiger partial charge >= 0.3 is 0 Å². The molecule has 1 N–H and O–H groups in total. The van der Waals surface area contributed by atoms with E-state index in [0.717, 1.165) is 70.5 Å². The third kappa shape index (κ3) is 3.34. The minimum Gasteiger partial charge on any atom is -0.347 e. The summed E-state index contributed by atoms with van der Waals surface area (Å²) in [6.07, 6.45) is 11.8. The monoisotopic (exact) mass is 383 g/mol. The van der Waals surface area contributed by atoms with Crippen LogP contribution in [0.5, 0.6) is 0 Å². The van der Waals surface area contributed by atoms with Crippen molar-refractivity contribution in [2.24, 2.45) is 12.5 Å². The number of nitrogens with one attached hydrogen (secondary N) is 1. The van der Waals surface area contributed by atoms with Crippen LogP contribution in [0.15, 0.2) is 12.4 Å². The van der Waals surface area contributed by atoms with Crippen molar-refractivity contribution in [2.75, 3.05) is 13.1 Å². The molecule has 150 valence electrons.